The highest BCUT2D eigenvalue weighted by molar-refractivity contribution is 6.53. The zero-order valence-corrected chi connectivity index (χ0v) is 21.2. The minimum atomic E-state index is -1.84. The third kappa shape index (κ3) is 2.72. The van der Waals surface area contributed by atoms with E-state index in [1.165, 1.54) is 24.3 Å². The van der Waals surface area contributed by atoms with E-state index < -0.39 is 45.2 Å². The predicted octanol–water partition coefficient (Wildman–Crippen LogP) is 2.75. The molecule has 10 heteroatoms. The van der Waals surface area contributed by atoms with E-state index in [1.54, 1.807) is 19.1 Å². The predicted molar refractivity (Wildman–Crippen MR) is 129 cm³/mol. The molecule has 2 saturated heterocycles. The molecule has 6 atom stereocenters. The van der Waals surface area contributed by atoms with E-state index in [9.17, 15) is 24.3 Å². The molecule has 0 bridgehead atoms. The summed E-state index contributed by atoms with van der Waals surface area (Å²) < 4.78 is 5.86. The topological polar surface area (TPSA) is 104 Å². The zero-order valence-electron chi connectivity index (χ0n) is 19.7. The third-order valence-electron chi connectivity index (χ3n) is 8.57. The van der Waals surface area contributed by atoms with E-state index in [4.69, 9.17) is 27.9 Å². The number of phenolic OH excluding ortho intramolecular Hbond substituents is 1. The molecule has 6 rings (SSSR count). The van der Waals surface area contributed by atoms with E-state index in [-0.39, 0.29) is 30.5 Å². The van der Waals surface area contributed by atoms with Gasteiger partial charge in [-0.15, -0.1) is 23.2 Å². The Morgan fingerprint density at radius 3 is 2.58 bits per heavy atom. The molecule has 5 aliphatic rings. The van der Waals surface area contributed by atoms with E-state index >= 15 is 0 Å². The number of amides is 4. The molecule has 0 radical (unpaired) electrons. The highest BCUT2D eigenvalue weighted by Crippen LogP contribution is 2.64. The fraction of sp³-hybridized carbons (Fsp3) is 0.462. The first kappa shape index (κ1) is 23.6. The number of alkyl halides is 2. The van der Waals surface area contributed by atoms with E-state index in [0.717, 1.165) is 10.5 Å². The standard InChI is InChI=1S/C26H24Cl2N2O6/c1-3-30-21(32)16-6-5-15-17(19(16)22(30)33)10-25(27)23(34)29(2)24(35)26(25,28)20(15)13-8-12-9-14(31)4-7-18(12)36-11-13/h4-5,7,9,11,16-17,19-20,31H,3,6,8,10H2,1-2H3/t16-,17+,19-,20-,25+,26-/m0/s1. The molecule has 0 unspecified atom stereocenters. The van der Waals surface area contributed by atoms with Crippen molar-refractivity contribution in [3.05, 3.63) is 47.2 Å². The second kappa shape index (κ2) is 7.59. The number of halogens is 2. The monoisotopic (exact) mass is 530 g/mol. The number of carbonyl (C=O) groups excluding carboxylic acids is 4. The van der Waals surface area contributed by atoms with Gasteiger partial charge in [0.2, 0.25) is 11.8 Å². The van der Waals surface area contributed by atoms with Gasteiger partial charge in [-0.1, -0.05) is 11.6 Å². The molecule has 1 N–H and O–H groups in total. The number of allylic oxidation sites excluding steroid dienone is 3. The number of nitrogens with zero attached hydrogens (tertiary/aromatic N) is 2. The fourth-order valence-electron chi connectivity index (χ4n) is 6.93. The largest absolute Gasteiger partial charge is 0.508 e. The number of likely N-dealkylation sites (tertiary alicyclic amines) is 2. The number of hydrogen-bond acceptors (Lipinski definition) is 6. The van der Waals surface area contributed by atoms with Gasteiger partial charge in [-0.3, -0.25) is 29.0 Å². The molecule has 3 heterocycles. The molecular formula is C26H24Cl2N2O6. The Kier molecular flexibility index (Phi) is 4.96. The van der Waals surface area contributed by atoms with E-state index in [1.807, 2.05) is 6.08 Å². The van der Waals surface area contributed by atoms with Gasteiger partial charge in [0.1, 0.15) is 11.5 Å². The second-order valence-electron chi connectivity index (χ2n) is 10.2. The van der Waals surface area contributed by atoms with E-state index in [2.05, 4.69) is 0 Å². The highest BCUT2D eigenvalue weighted by atomic mass is 35.5. The molecule has 3 aliphatic heterocycles. The van der Waals surface area contributed by atoms with Gasteiger partial charge in [0, 0.05) is 31.5 Å². The Morgan fingerprint density at radius 1 is 1.11 bits per heavy atom. The first-order valence-corrected chi connectivity index (χ1v) is 12.7. The Morgan fingerprint density at radius 2 is 1.86 bits per heavy atom. The van der Waals surface area contributed by atoms with Gasteiger partial charge in [0.25, 0.3) is 11.8 Å². The van der Waals surface area contributed by atoms with Crippen LogP contribution >= 0.6 is 23.2 Å². The van der Waals surface area contributed by atoms with Crippen LogP contribution in [-0.4, -0.2) is 61.9 Å². The van der Waals surface area contributed by atoms with Crippen LogP contribution in [0.3, 0.4) is 0 Å². The number of phenols is 1. The molecule has 1 aromatic rings. The second-order valence-corrected chi connectivity index (χ2v) is 11.4. The molecule has 8 nitrogen and oxygen atoms in total. The molecule has 1 aromatic carbocycles. The maximum atomic E-state index is 13.6. The molecule has 36 heavy (non-hydrogen) atoms. The average molecular weight is 531 g/mol. The first-order valence-electron chi connectivity index (χ1n) is 12.0. The number of hydrogen-bond donors (Lipinski definition) is 1. The van der Waals surface area contributed by atoms with Gasteiger partial charge in [-0.05, 0) is 49.5 Å². The lowest BCUT2D eigenvalue weighted by atomic mass is 9.56. The quantitative estimate of drug-likeness (QED) is 0.358. The number of aromatic hydroxyl groups is 1. The SMILES string of the molecule is CCN1C(=O)[C@H]2[C@H](CC=C3[C@H](C4=COc5ccc(O)cc5C4)[C@]4(Cl)C(=O)N(C)C(=O)[C@]4(Cl)C[C@H]32)C1=O. The lowest BCUT2D eigenvalue weighted by Gasteiger charge is -2.51. The molecule has 4 amide bonds. The molecule has 0 aromatic heterocycles. The van der Waals surface area contributed by atoms with Crippen molar-refractivity contribution in [2.45, 2.75) is 35.9 Å². The van der Waals surface area contributed by atoms with Crippen LogP contribution in [0.25, 0.3) is 0 Å². The summed E-state index contributed by atoms with van der Waals surface area (Å²) in [5, 5.41) is 10.0. The number of ether oxygens (including phenoxy) is 1. The summed E-state index contributed by atoms with van der Waals surface area (Å²) in [6.07, 6.45) is 4.03. The number of rotatable bonds is 2. The summed E-state index contributed by atoms with van der Waals surface area (Å²) in [6.45, 7) is 2.02. The van der Waals surface area contributed by atoms with Crippen LogP contribution in [0.5, 0.6) is 11.5 Å². The number of carbonyl (C=O) groups is 4. The molecule has 1 saturated carbocycles. The summed E-state index contributed by atoms with van der Waals surface area (Å²) in [5.74, 6) is -3.69. The van der Waals surface area contributed by atoms with Crippen LogP contribution in [0, 0.1) is 23.7 Å². The van der Waals surface area contributed by atoms with Crippen LogP contribution < -0.4 is 4.74 Å². The summed E-state index contributed by atoms with van der Waals surface area (Å²) in [5.41, 5.74) is 2.04. The molecule has 3 fully saturated rings. The van der Waals surface area contributed by atoms with Crippen molar-refractivity contribution >= 4 is 46.8 Å². The molecule has 0 spiro atoms. The Bertz CT molecular complexity index is 1320. The maximum absolute atomic E-state index is 13.6. The molecular weight excluding hydrogens is 507 g/mol. The average Bonchev–Trinajstić information content (AvgIpc) is 3.18. The van der Waals surface area contributed by atoms with Crippen molar-refractivity contribution in [1.29, 1.82) is 0 Å². The van der Waals surface area contributed by atoms with E-state index in [0.29, 0.717) is 29.7 Å². The maximum Gasteiger partial charge on any atom is 0.253 e. The van der Waals surface area contributed by atoms with Gasteiger partial charge >= 0.3 is 0 Å². The van der Waals surface area contributed by atoms with Crippen molar-refractivity contribution in [2.75, 3.05) is 13.6 Å². The van der Waals surface area contributed by atoms with Gasteiger partial charge in [0.15, 0.2) is 9.75 Å². The minimum absolute atomic E-state index is 0.0292. The molecule has 2 aliphatic carbocycles. The highest BCUT2D eigenvalue weighted by Gasteiger charge is 2.76. The lowest BCUT2D eigenvalue weighted by molar-refractivity contribution is -0.141. The van der Waals surface area contributed by atoms with Crippen molar-refractivity contribution in [1.82, 2.24) is 9.80 Å². The minimum Gasteiger partial charge on any atom is -0.508 e. The zero-order chi connectivity index (χ0) is 25.7. The first-order chi connectivity index (χ1) is 17.0. The van der Waals surface area contributed by atoms with Crippen molar-refractivity contribution in [3.63, 3.8) is 0 Å². The summed E-state index contributed by atoms with van der Waals surface area (Å²) in [6, 6.07) is 4.74. The van der Waals surface area contributed by atoms with Gasteiger partial charge in [-0.25, -0.2) is 0 Å². The van der Waals surface area contributed by atoms with Gasteiger partial charge in [0.05, 0.1) is 18.1 Å². The normalized spacial score (nSPS) is 37.1. The fourth-order valence-corrected chi connectivity index (χ4v) is 7.97. The third-order valence-corrected chi connectivity index (χ3v) is 9.98. The lowest BCUT2D eigenvalue weighted by Crippen LogP contribution is -2.61. The van der Waals surface area contributed by atoms with Crippen molar-refractivity contribution < 1.29 is 29.0 Å². The summed E-state index contributed by atoms with van der Waals surface area (Å²) in [7, 11) is 1.36. The number of benzene rings is 1. The summed E-state index contributed by atoms with van der Waals surface area (Å²) in [4.78, 5) is 51.9. The van der Waals surface area contributed by atoms with Crippen molar-refractivity contribution in [3.8, 4) is 11.5 Å². The van der Waals surface area contributed by atoms with Crippen LogP contribution in [0.4, 0.5) is 0 Å². The Labute approximate surface area is 217 Å². The Hall–Kier alpha value is -2.84. The number of imide groups is 2. The smallest absolute Gasteiger partial charge is 0.253 e. The number of fused-ring (bicyclic) bond motifs is 5. The van der Waals surface area contributed by atoms with Crippen LogP contribution in [0.1, 0.15) is 25.3 Å². The van der Waals surface area contributed by atoms with Crippen molar-refractivity contribution in [2.24, 2.45) is 23.7 Å². The van der Waals surface area contributed by atoms with Crippen LogP contribution in [0.2, 0.25) is 0 Å². The van der Waals surface area contributed by atoms with Crippen LogP contribution in [-0.2, 0) is 25.6 Å². The van der Waals surface area contributed by atoms with Gasteiger partial charge in [-0.2, -0.15) is 0 Å². The summed E-state index contributed by atoms with van der Waals surface area (Å²) >= 11 is 14.3. The van der Waals surface area contributed by atoms with Gasteiger partial charge < -0.3 is 9.84 Å². The molecule has 188 valence electrons. The van der Waals surface area contributed by atoms with Crippen LogP contribution in [0.15, 0.2) is 41.7 Å². The Balaban J connectivity index is 1.52.